The van der Waals surface area contributed by atoms with Crippen molar-refractivity contribution in [3.63, 3.8) is 0 Å². The highest BCUT2D eigenvalue weighted by molar-refractivity contribution is 5.84. The van der Waals surface area contributed by atoms with Crippen LogP contribution in [0.15, 0.2) is 36.0 Å². The lowest BCUT2D eigenvalue weighted by molar-refractivity contribution is -0.229. The molecule has 0 aliphatic carbocycles. The first-order valence-electron chi connectivity index (χ1n) is 12.1. The number of allylic oxidation sites excluding steroid dienone is 2. The Hall–Kier alpha value is -2.47. The molecule has 4 rings (SSSR count). The van der Waals surface area contributed by atoms with Crippen LogP contribution in [0.1, 0.15) is 72.3 Å². The van der Waals surface area contributed by atoms with Crippen LogP contribution in [0.5, 0.6) is 5.75 Å². The number of aromatic amines is 1. The Morgan fingerprint density at radius 2 is 2.03 bits per heavy atom. The predicted molar refractivity (Wildman–Crippen MR) is 131 cm³/mol. The molecule has 1 amide bonds. The third-order valence-electron chi connectivity index (χ3n) is 7.64. The van der Waals surface area contributed by atoms with E-state index in [2.05, 4.69) is 31.8 Å². The first kappa shape index (κ1) is 23.7. The lowest BCUT2D eigenvalue weighted by Gasteiger charge is -2.45. The zero-order valence-electron chi connectivity index (χ0n) is 20.9. The summed E-state index contributed by atoms with van der Waals surface area (Å²) in [5.74, 6) is 0.822. The van der Waals surface area contributed by atoms with Gasteiger partial charge in [-0.1, -0.05) is 11.6 Å². The van der Waals surface area contributed by atoms with Gasteiger partial charge in [-0.15, -0.1) is 0 Å². The fraction of sp³-hybridized carbons (Fsp3) is 0.593. The third kappa shape index (κ3) is 4.37. The maximum absolute atomic E-state index is 13.1. The van der Waals surface area contributed by atoms with E-state index in [0.717, 1.165) is 54.3 Å². The summed E-state index contributed by atoms with van der Waals surface area (Å²) in [5.41, 5.74) is 1.74. The Balaban J connectivity index is 1.57. The van der Waals surface area contributed by atoms with Crippen molar-refractivity contribution in [1.29, 1.82) is 0 Å². The molecule has 6 nitrogen and oxygen atoms in total. The van der Waals surface area contributed by atoms with Crippen LogP contribution in [0.3, 0.4) is 0 Å². The molecule has 33 heavy (non-hydrogen) atoms. The summed E-state index contributed by atoms with van der Waals surface area (Å²) >= 11 is 0. The van der Waals surface area contributed by atoms with Crippen LogP contribution in [-0.2, 0) is 15.9 Å². The van der Waals surface area contributed by atoms with E-state index in [-0.39, 0.29) is 11.7 Å². The number of hydrogen-bond acceptors (Lipinski definition) is 4. The van der Waals surface area contributed by atoms with Gasteiger partial charge in [0, 0.05) is 23.6 Å². The smallest absolute Gasteiger partial charge is 0.412 e. The molecule has 0 saturated carbocycles. The zero-order chi connectivity index (χ0) is 23.9. The van der Waals surface area contributed by atoms with Gasteiger partial charge in [0.15, 0.2) is 11.3 Å². The van der Waals surface area contributed by atoms with Gasteiger partial charge in [-0.05, 0) is 96.9 Å². The maximum Gasteiger partial charge on any atom is 0.412 e. The monoisotopic (exact) mass is 454 g/mol. The lowest BCUT2D eigenvalue weighted by Crippen LogP contribution is -2.59. The number of hydrogen-bond donors (Lipinski definition) is 1. The van der Waals surface area contributed by atoms with Crippen LogP contribution < -0.4 is 4.74 Å². The molecule has 3 atom stereocenters. The Bertz CT molecular complexity index is 1060. The Kier molecular flexibility index (Phi) is 6.25. The second-order valence-corrected chi connectivity index (χ2v) is 10.4. The molecule has 0 unspecified atom stereocenters. The van der Waals surface area contributed by atoms with Crippen molar-refractivity contribution >= 4 is 17.0 Å². The summed E-state index contributed by atoms with van der Waals surface area (Å²) in [5, 5.41) is 1.11. The molecule has 1 aromatic heterocycles. The van der Waals surface area contributed by atoms with Crippen LogP contribution in [0.2, 0.25) is 0 Å². The largest absolute Gasteiger partial charge is 0.497 e. The summed E-state index contributed by atoms with van der Waals surface area (Å²) in [7, 11) is 1.67. The summed E-state index contributed by atoms with van der Waals surface area (Å²) in [4.78, 5) is 18.2. The second kappa shape index (κ2) is 8.71. The molecule has 0 spiro atoms. The van der Waals surface area contributed by atoms with Crippen molar-refractivity contribution in [1.82, 2.24) is 9.88 Å². The summed E-state index contributed by atoms with van der Waals surface area (Å²) < 4.78 is 18.3. The number of H-pyrrole nitrogens is 1. The van der Waals surface area contributed by atoms with Crippen molar-refractivity contribution in [2.75, 3.05) is 13.7 Å². The Morgan fingerprint density at radius 1 is 1.24 bits per heavy atom. The van der Waals surface area contributed by atoms with Crippen molar-refractivity contribution in [3.8, 4) is 5.75 Å². The van der Waals surface area contributed by atoms with Gasteiger partial charge in [-0.3, -0.25) is 4.90 Å². The molecule has 180 valence electrons. The van der Waals surface area contributed by atoms with E-state index in [1.165, 1.54) is 5.57 Å². The minimum Gasteiger partial charge on any atom is -0.497 e. The van der Waals surface area contributed by atoms with Crippen molar-refractivity contribution in [3.05, 3.63) is 41.6 Å². The number of nitrogens with zero attached hydrogens (tertiary/aromatic N) is 1. The Morgan fingerprint density at radius 3 is 2.76 bits per heavy atom. The zero-order valence-corrected chi connectivity index (χ0v) is 20.9. The summed E-state index contributed by atoms with van der Waals surface area (Å²) in [6.45, 7) is 11.0. The number of carbonyl (C=O) groups excluding carboxylic acids is 1. The normalized spacial score (nSPS) is 29.5. The molecular formula is C27H38N2O4. The fourth-order valence-corrected chi connectivity index (χ4v) is 5.45. The molecule has 0 bridgehead atoms. The van der Waals surface area contributed by atoms with Gasteiger partial charge in [0.05, 0.1) is 12.7 Å². The van der Waals surface area contributed by atoms with E-state index in [4.69, 9.17) is 14.2 Å². The lowest BCUT2D eigenvalue weighted by atomic mass is 9.88. The average molecular weight is 455 g/mol. The first-order chi connectivity index (χ1) is 15.6. The van der Waals surface area contributed by atoms with Gasteiger partial charge in [-0.2, -0.15) is 0 Å². The molecule has 1 N–H and O–H groups in total. The SMILES string of the molecule is COc1ccc2[nH]cc(CCN3C(=O)O[C@]4(C)CCC[C@](C)(CCC=C(C)C)O[C@]34C)c2c1. The Labute approximate surface area is 197 Å². The number of benzene rings is 1. The second-order valence-electron chi connectivity index (χ2n) is 10.4. The molecule has 2 aliphatic rings. The number of amides is 1. The molecule has 2 fully saturated rings. The third-order valence-corrected chi connectivity index (χ3v) is 7.64. The molecule has 3 heterocycles. The van der Waals surface area contributed by atoms with Crippen LogP contribution in [0.25, 0.3) is 10.9 Å². The summed E-state index contributed by atoms with van der Waals surface area (Å²) in [6, 6.07) is 6.01. The minimum absolute atomic E-state index is 0.286. The molecule has 0 radical (unpaired) electrons. The van der Waals surface area contributed by atoms with Crippen LogP contribution in [0.4, 0.5) is 4.79 Å². The topological polar surface area (TPSA) is 63.8 Å². The van der Waals surface area contributed by atoms with Gasteiger partial charge in [0.25, 0.3) is 0 Å². The average Bonchev–Trinajstić information content (AvgIpc) is 3.18. The highest BCUT2D eigenvalue weighted by atomic mass is 16.6. The van der Waals surface area contributed by atoms with E-state index in [1.807, 2.05) is 43.1 Å². The molecule has 2 saturated heterocycles. The first-order valence-corrected chi connectivity index (χ1v) is 12.1. The molecule has 1 aromatic carbocycles. The summed E-state index contributed by atoms with van der Waals surface area (Å²) in [6.07, 6.45) is 9.32. The van der Waals surface area contributed by atoms with Gasteiger partial charge in [0.2, 0.25) is 0 Å². The van der Waals surface area contributed by atoms with Gasteiger partial charge in [-0.25, -0.2) is 4.79 Å². The molecule has 6 heteroatoms. The van der Waals surface area contributed by atoms with Gasteiger partial charge < -0.3 is 19.2 Å². The highest BCUT2D eigenvalue weighted by Crippen LogP contribution is 2.49. The van der Waals surface area contributed by atoms with E-state index in [9.17, 15) is 4.79 Å². The van der Waals surface area contributed by atoms with E-state index < -0.39 is 11.3 Å². The van der Waals surface area contributed by atoms with Gasteiger partial charge in [0.1, 0.15) is 5.75 Å². The predicted octanol–water partition coefficient (Wildman–Crippen LogP) is 6.35. The van der Waals surface area contributed by atoms with Crippen LogP contribution in [-0.4, -0.2) is 46.6 Å². The number of ether oxygens (including phenoxy) is 3. The van der Waals surface area contributed by atoms with Crippen molar-refractivity contribution < 1.29 is 19.0 Å². The molecule has 2 aromatic rings. The number of rotatable bonds is 7. The minimum atomic E-state index is -0.815. The van der Waals surface area contributed by atoms with E-state index in [1.54, 1.807) is 7.11 Å². The van der Waals surface area contributed by atoms with E-state index in [0.29, 0.717) is 13.0 Å². The number of fused-ring (bicyclic) bond motifs is 2. The molecular weight excluding hydrogens is 416 g/mol. The number of carbonyl (C=O) groups is 1. The fourth-order valence-electron chi connectivity index (χ4n) is 5.45. The van der Waals surface area contributed by atoms with Crippen molar-refractivity contribution in [2.45, 2.75) is 90.1 Å². The van der Waals surface area contributed by atoms with E-state index >= 15 is 0 Å². The quantitative estimate of drug-likeness (QED) is 0.495. The maximum atomic E-state index is 13.1. The number of methoxy groups -OCH3 is 1. The van der Waals surface area contributed by atoms with Crippen LogP contribution in [0, 0.1) is 0 Å². The van der Waals surface area contributed by atoms with Gasteiger partial charge >= 0.3 is 6.09 Å². The van der Waals surface area contributed by atoms with Crippen molar-refractivity contribution in [2.24, 2.45) is 0 Å². The number of nitrogens with one attached hydrogen (secondary N) is 1. The molecule has 2 aliphatic heterocycles. The van der Waals surface area contributed by atoms with Crippen LogP contribution >= 0.6 is 0 Å². The highest BCUT2D eigenvalue weighted by Gasteiger charge is 2.63. The standard InChI is InChI=1S/C27H38N2O4/c1-19(2)9-7-13-25(3)14-8-15-26(4)27(5,33-25)29(24(30)32-26)16-12-20-18-28-23-11-10-21(31-6)17-22(20)23/h9-11,17-18,28H,7-8,12-16H2,1-6H3/t25-,26+,27-/m0/s1. The number of aromatic nitrogens is 1.